The monoisotopic (exact) mass is 463 g/mol. The maximum absolute atomic E-state index is 12.3. The van der Waals surface area contributed by atoms with Crippen molar-refractivity contribution in [3.63, 3.8) is 0 Å². The minimum absolute atomic E-state index is 0.0402. The van der Waals surface area contributed by atoms with E-state index in [1.165, 1.54) is 38.5 Å². The zero-order chi connectivity index (χ0) is 23.9. The fourth-order valence-corrected chi connectivity index (χ4v) is 4.15. The summed E-state index contributed by atoms with van der Waals surface area (Å²) in [6, 6.07) is 10.7. The Kier molecular flexibility index (Phi) is 8.23. The SMILES string of the molecule is COc1cc(OC)cc(C(=O)NCCC(=O)Nc2ccc(S(=O)(=O)NC(C)(C)C)cc2)c1. The van der Waals surface area contributed by atoms with Crippen molar-refractivity contribution in [3.8, 4) is 11.5 Å². The quantitative estimate of drug-likeness (QED) is 0.525. The number of benzene rings is 2. The highest BCUT2D eigenvalue weighted by atomic mass is 32.2. The van der Waals surface area contributed by atoms with Gasteiger partial charge >= 0.3 is 0 Å². The molecule has 32 heavy (non-hydrogen) atoms. The lowest BCUT2D eigenvalue weighted by molar-refractivity contribution is -0.116. The van der Waals surface area contributed by atoms with Gasteiger partial charge in [0, 0.05) is 35.8 Å². The maximum atomic E-state index is 12.3. The van der Waals surface area contributed by atoms with E-state index in [1.807, 2.05) is 0 Å². The summed E-state index contributed by atoms with van der Waals surface area (Å²) in [5, 5.41) is 5.34. The van der Waals surface area contributed by atoms with Crippen molar-refractivity contribution in [3.05, 3.63) is 48.0 Å². The number of carbonyl (C=O) groups excluding carboxylic acids is 2. The van der Waals surface area contributed by atoms with Gasteiger partial charge in [-0.2, -0.15) is 0 Å². The molecule has 0 radical (unpaired) electrons. The number of rotatable bonds is 9. The average Bonchev–Trinajstić information content (AvgIpc) is 2.71. The Labute approximate surface area is 188 Å². The van der Waals surface area contributed by atoms with Crippen molar-refractivity contribution in [2.24, 2.45) is 0 Å². The number of nitrogens with one attached hydrogen (secondary N) is 3. The zero-order valence-corrected chi connectivity index (χ0v) is 19.6. The van der Waals surface area contributed by atoms with Gasteiger partial charge in [-0.1, -0.05) is 0 Å². The summed E-state index contributed by atoms with van der Waals surface area (Å²) >= 11 is 0. The van der Waals surface area contributed by atoms with Gasteiger partial charge in [0.15, 0.2) is 0 Å². The molecule has 10 heteroatoms. The molecule has 2 aromatic rings. The van der Waals surface area contributed by atoms with Gasteiger partial charge in [-0.25, -0.2) is 13.1 Å². The van der Waals surface area contributed by atoms with Crippen LogP contribution < -0.4 is 24.8 Å². The van der Waals surface area contributed by atoms with Crippen LogP contribution >= 0.6 is 0 Å². The van der Waals surface area contributed by atoms with E-state index >= 15 is 0 Å². The number of hydrogen-bond acceptors (Lipinski definition) is 6. The predicted octanol–water partition coefficient (Wildman–Crippen LogP) is 2.54. The molecule has 0 bridgehead atoms. The Balaban J connectivity index is 1.89. The first-order chi connectivity index (χ1) is 14.9. The molecule has 0 aromatic heterocycles. The Bertz CT molecular complexity index is 1040. The number of anilines is 1. The van der Waals surface area contributed by atoms with E-state index in [0.29, 0.717) is 22.7 Å². The van der Waals surface area contributed by atoms with E-state index in [4.69, 9.17) is 9.47 Å². The summed E-state index contributed by atoms with van der Waals surface area (Å²) in [4.78, 5) is 24.6. The fourth-order valence-electron chi connectivity index (χ4n) is 2.73. The second kappa shape index (κ2) is 10.5. The Morgan fingerprint density at radius 2 is 1.50 bits per heavy atom. The van der Waals surface area contributed by atoms with E-state index in [-0.39, 0.29) is 29.7 Å². The van der Waals surface area contributed by atoms with Gasteiger partial charge in [0.1, 0.15) is 11.5 Å². The smallest absolute Gasteiger partial charge is 0.251 e. The van der Waals surface area contributed by atoms with Crippen LogP contribution in [-0.4, -0.2) is 46.5 Å². The molecule has 0 heterocycles. The van der Waals surface area contributed by atoms with E-state index in [1.54, 1.807) is 39.0 Å². The molecular weight excluding hydrogens is 434 g/mol. The summed E-state index contributed by atoms with van der Waals surface area (Å²) < 4.78 is 37.5. The van der Waals surface area contributed by atoms with Crippen molar-refractivity contribution >= 4 is 27.5 Å². The Hall–Kier alpha value is -3.11. The summed E-state index contributed by atoms with van der Waals surface area (Å²) in [6.07, 6.45) is 0.0402. The molecule has 2 rings (SSSR count). The number of ether oxygens (including phenoxy) is 2. The van der Waals surface area contributed by atoms with E-state index in [9.17, 15) is 18.0 Å². The van der Waals surface area contributed by atoms with Crippen LogP contribution in [0.1, 0.15) is 37.6 Å². The van der Waals surface area contributed by atoms with Gasteiger partial charge in [-0.3, -0.25) is 9.59 Å². The first-order valence-corrected chi connectivity index (χ1v) is 11.4. The molecule has 3 N–H and O–H groups in total. The van der Waals surface area contributed by atoms with Crippen LogP contribution in [0, 0.1) is 0 Å². The highest BCUT2D eigenvalue weighted by Gasteiger charge is 2.21. The topological polar surface area (TPSA) is 123 Å². The first-order valence-electron chi connectivity index (χ1n) is 9.89. The van der Waals surface area contributed by atoms with E-state index < -0.39 is 15.6 Å². The lowest BCUT2D eigenvalue weighted by Crippen LogP contribution is -2.40. The maximum Gasteiger partial charge on any atom is 0.251 e. The first kappa shape index (κ1) is 25.2. The summed E-state index contributed by atoms with van der Waals surface area (Å²) in [5.74, 6) is 0.277. The van der Waals surface area contributed by atoms with Crippen molar-refractivity contribution in [1.82, 2.24) is 10.0 Å². The lowest BCUT2D eigenvalue weighted by Gasteiger charge is -2.20. The van der Waals surface area contributed by atoms with Crippen LogP contribution in [0.4, 0.5) is 5.69 Å². The van der Waals surface area contributed by atoms with Crippen LogP contribution in [0.5, 0.6) is 11.5 Å². The molecule has 9 nitrogen and oxygen atoms in total. The van der Waals surface area contributed by atoms with Crippen molar-refractivity contribution in [1.29, 1.82) is 0 Å². The Morgan fingerprint density at radius 1 is 0.938 bits per heavy atom. The van der Waals surface area contributed by atoms with Gasteiger partial charge < -0.3 is 20.1 Å². The molecule has 174 valence electrons. The standard InChI is InChI=1S/C22H29N3O6S/c1-22(2,3)25-32(28,29)19-8-6-16(7-9-19)24-20(26)10-11-23-21(27)15-12-17(30-4)14-18(13-15)31-5/h6-9,12-14,25H,10-11H2,1-5H3,(H,23,27)(H,24,26). The normalized spacial score (nSPS) is 11.5. The van der Waals surface area contributed by atoms with Crippen molar-refractivity contribution < 1.29 is 27.5 Å². The zero-order valence-electron chi connectivity index (χ0n) is 18.8. The molecule has 2 aromatic carbocycles. The molecule has 0 saturated heterocycles. The van der Waals surface area contributed by atoms with Gasteiger partial charge in [-0.05, 0) is 57.2 Å². The number of amides is 2. The molecule has 0 spiro atoms. The largest absolute Gasteiger partial charge is 0.497 e. The van der Waals surface area contributed by atoms with Gasteiger partial charge in [0.25, 0.3) is 5.91 Å². The van der Waals surface area contributed by atoms with Crippen LogP contribution in [0.25, 0.3) is 0 Å². The van der Waals surface area contributed by atoms with E-state index in [2.05, 4.69) is 15.4 Å². The van der Waals surface area contributed by atoms with E-state index in [0.717, 1.165) is 0 Å². The molecule has 0 fully saturated rings. The highest BCUT2D eigenvalue weighted by Crippen LogP contribution is 2.22. The molecule has 0 unspecified atom stereocenters. The van der Waals surface area contributed by atoms with Gasteiger partial charge in [-0.15, -0.1) is 0 Å². The number of hydrogen-bond donors (Lipinski definition) is 3. The number of sulfonamides is 1. The second-order valence-corrected chi connectivity index (χ2v) is 9.72. The van der Waals surface area contributed by atoms with Crippen LogP contribution in [0.15, 0.2) is 47.4 Å². The minimum Gasteiger partial charge on any atom is -0.497 e. The summed E-state index contributed by atoms with van der Waals surface area (Å²) in [7, 11) is -0.672. The second-order valence-electron chi connectivity index (χ2n) is 8.04. The Morgan fingerprint density at radius 3 is 2.00 bits per heavy atom. The number of carbonyl (C=O) groups is 2. The number of methoxy groups -OCH3 is 2. The van der Waals surface area contributed by atoms with Gasteiger partial charge in [0.05, 0.1) is 19.1 Å². The third-order valence-corrected chi connectivity index (χ3v) is 5.91. The molecule has 0 aliphatic carbocycles. The molecule has 0 aliphatic rings. The molecular formula is C22H29N3O6S. The van der Waals surface area contributed by atoms with Crippen molar-refractivity contribution in [2.45, 2.75) is 37.6 Å². The van der Waals surface area contributed by atoms with Crippen LogP contribution in [-0.2, 0) is 14.8 Å². The molecule has 0 aliphatic heterocycles. The average molecular weight is 464 g/mol. The molecule has 0 saturated carbocycles. The molecule has 0 atom stereocenters. The van der Waals surface area contributed by atoms with Gasteiger partial charge in [0.2, 0.25) is 15.9 Å². The summed E-state index contributed by atoms with van der Waals surface area (Å²) in [6.45, 7) is 5.38. The third-order valence-electron chi connectivity index (χ3n) is 4.14. The van der Waals surface area contributed by atoms with Crippen LogP contribution in [0.2, 0.25) is 0 Å². The highest BCUT2D eigenvalue weighted by molar-refractivity contribution is 7.89. The predicted molar refractivity (Wildman–Crippen MR) is 122 cm³/mol. The van der Waals surface area contributed by atoms with Crippen LogP contribution in [0.3, 0.4) is 0 Å². The fraction of sp³-hybridized carbons (Fsp3) is 0.364. The third kappa shape index (κ3) is 7.54. The minimum atomic E-state index is -3.65. The lowest BCUT2D eigenvalue weighted by atomic mass is 10.1. The molecule has 2 amide bonds. The van der Waals surface area contributed by atoms with Crippen molar-refractivity contribution in [2.75, 3.05) is 26.1 Å². The summed E-state index contributed by atoms with van der Waals surface area (Å²) in [5.41, 5.74) is 0.197.